The van der Waals surface area contributed by atoms with Gasteiger partial charge < -0.3 is 0 Å². The maximum absolute atomic E-state index is 5.53. The molecule has 66 heavy (non-hydrogen) atoms. The Morgan fingerprint density at radius 3 is 1.50 bits per heavy atom. The summed E-state index contributed by atoms with van der Waals surface area (Å²) in [5.41, 5.74) is 11.3. The van der Waals surface area contributed by atoms with E-state index in [4.69, 9.17) is 19.9 Å². The van der Waals surface area contributed by atoms with Crippen molar-refractivity contribution >= 4 is 78.5 Å². The predicted molar refractivity (Wildman–Crippen MR) is 271 cm³/mol. The van der Waals surface area contributed by atoms with Crippen LogP contribution >= 0.6 is 0 Å². The second-order valence-electron chi connectivity index (χ2n) is 17.1. The summed E-state index contributed by atoms with van der Waals surface area (Å²) < 4.78 is 6.56. The van der Waals surface area contributed by atoms with Crippen LogP contribution < -0.4 is 20.7 Å². The summed E-state index contributed by atoms with van der Waals surface area (Å²) in [6.07, 6.45) is 0. The van der Waals surface area contributed by atoms with Crippen LogP contribution in [0.2, 0.25) is 0 Å². The van der Waals surface area contributed by atoms with E-state index in [0.29, 0.717) is 17.7 Å². The van der Waals surface area contributed by atoms with E-state index >= 15 is 0 Å². The first-order valence-corrected chi connectivity index (χ1v) is 24.3. The first-order valence-electron chi connectivity index (χ1n) is 22.3. The maximum atomic E-state index is 5.53. The monoisotopic (exact) mass is 859 g/mol. The third-order valence-corrected chi connectivity index (χ3v) is 18.4. The number of para-hydroxylation sites is 4. The Labute approximate surface area is 380 Å². The molecule has 0 spiro atoms. The molecule has 0 saturated heterocycles. The zero-order valence-electron chi connectivity index (χ0n) is 35.5. The fraction of sp³-hybridized carbons (Fsp3) is 0. The third-order valence-electron chi connectivity index (χ3n) is 13.6. The van der Waals surface area contributed by atoms with Gasteiger partial charge in [-0.1, -0.05) is 188 Å². The van der Waals surface area contributed by atoms with Gasteiger partial charge in [0.15, 0.2) is 13.9 Å². The maximum Gasteiger partial charge on any atom is 0.242 e. The molecule has 0 radical (unpaired) electrons. The Morgan fingerprint density at radius 2 is 0.833 bits per heavy atom. The molecule has 4 aromatic heterocycles. The Kier molecular flexibility index (Phi) is 7.87. The number of hydrogen-bond acceptors (Lipinski definition) is 4. The average Bonchev–Trinajstić information content (AvgIpc) is 4.04. The van der Waals surface area contributed by atoms with E-state index in [1.54, 1.807) is 0 Å². The van der Waals surface area contributed by atoms with Gasteiger partial charge in [-0.05, 0) is 79.4 Å². The summed E-state index contributed by atoms with van der Waals surface area (Å²) >= 11 is 0. The van der Waals surface area contributed by atoms with Gasteiger partial charge in [0.2, 0.25) is 17.7 Å². The van der Waals surface area contributed by atoms with Gasteiger partial charge in [0, 0.05) is 16.3 Å². The molecule has 0 amide bonds. The largest absolute Gasteiger partial charge is 0.278 e. The summed E-state index contributed by atoms with van der Waals surface area (Å²) in [7, 11) is -3.04. The lowest BCUT2D eigenvalue weighted by molar-refractivity contribution is 0.885. The van der Waals surface area contributed by atoms with Crippen molar-refractivity contribution in [3.05, 3.63) is 224 Å². The highest BCUT2D eigenvalue weighted by Crippen LogP contribution is 2.38. The fourth-order valence-electron chi connectivity index (χ4n) is 10.8. The second-order valence-corrected chi connectivity index (χ2v) is 20.9. The summed E-state index contributed by atoms with van der Waals surface area (Å²) in [6.45, 7) is 0. The van der Waals surface area contributed by atoms with Crippen LogP contribution in [0.15, 0.2) is 224 Å². The molecule has 0 aliphatic carbocycles. The highest BCUT2D eigenvalue weighted by atomic mass is 28.3. The van der Waals surface area contributed by atoms with Gasteiger partial charge in [-0.15, -0.1) is 0 Å². The number of benzene rings is 9. The quantitative estimate of drug-likeness (QED) is 0.166. The molecule has 7 nitrogen and oxygen atoms in total. The van der Waals surface area contributed by atoms with Gasteiger partial charge in [0.25, 0.3) is 0 Å². The number of rotatable bonds is 3. The molecule has 8 heteroatoms. The molecule has 13 aromatic rings. The number of aromatic nitrogens is 7. The highest BCUT2D eigenvalue weighted by molar-refractivity contribution is 7.20. The van der Waals surface area contributed by atoms with Gasteiger partial charge in [-0.25, -0.2) is 9.55 Å². The van der Waals surface area contributed by atoms with Crippen molar-refractivity contribution in [3.8, 4) is 45.5 Å². The molecule has 308 valence electrons. The van der Waals surface area contributed by atoms with E-state index in [1.807, 2.05) is 6.07 Å². The molecule has 1 aliphatic rings. The van der Waals surface area contributed by atoms with Crippen LogP contribution in [0.25, 0.3) is 95.2 Å². The van der Waals surface area contributed by atoms with Gasteiger partial charge in [0.1, 0.15) is 0 Å². The van der Waals surface area contributed by atoms with Crippen LogP contribution in [0.4, 0.5) is 0 Å². The predicted octanol–water partition coefficient (Wildman–Crippen LogP) is 10.4. The van der Waals surface area contributed by atoms with Crippen molar-refractivity contribution in [2.45, 2.75) is 0 Å². The van der Waals surface area contributed by atoms with Crippen molar-refractivity contribution in [2.75, 3.05) is 0 Å². The first-order chi connectivity index (χ1) is 32.7. The zero-order chi connectivity index (χ0) is 43.3. The molecular weight excluding hydrogens is 823 g/mol. The smallest absolute Gasteiger partial charge is 0.242 e. The van der Waals surface area contributed by atoms with Crippen LogP contribution in [-0.2, 0) is 0 Å². The van der Waals surface area contributed by atoms with Crippen molar-refractivity contribution in [2.24, 2.45) is 0 Å². The fourth-order valence-corrected chi connectivity index (χ4v) is 15.6. The van der Waals surface area contributed by atoms with Crippen molar-refractivity contribution < 1.29 is 0 Å². The minimum atomic E-state index is -3.04. The number of imidazole rings is 2. The molecule has 0 fully saturated rings. The molecule has 0 unspecified atom stereocenters. The van der Waals surface area contributed by atoms with Gasteiger partial charge in [0.05, 0.1) is 33.1 Å². The molecule has 0 N–H and O–H groups in total. The number of fused-ring (bicyclic) bond motifs is 20. The highest BCUT2D eigenvalue weighted by Gasteiger charge is 2.42. The molecule has 9 aromatic carbocycles. The molecule has 0 atom stereocenters. The number of hydrogen-bond donors (Lipinski definition) is 0. The topological polar surface area (TPSA) is 65.8 Å². The van der Waals surface area contributed by atoms with Crippen LogP contribution in [0, 0.1) is 0 Å². The SMILES string of the molecule is c1ccc([Si]2(c3ccccc3)c3cccc(c3)-c3nc(-n4c5ccccc5c5ccccc54)nc(n3)-n3c4cc(ccc4n4c5ccccc5nc34)-c3ccccc3-c3cccc2c3)cc1. The van der Waals surface area contributed by atoms with Crippen molar-refractivity contribution in [3.63, 3.8) is 0 Å². The Hall–Kier alpha value is -8.72. The van der Waals surface area contributed by atoms with E-state index in [2.05, 4.69) is 232 Å². The lowest BCUT2D eigenvalue weighted by Gasteiger charge is -2.35. The van der Waals surface area contributed by atoms with Gasteiger partial charge in [-0.2, -0.15) is 15.0 Å². The second kappa shape index (κ2) is 14.1. The van der Waals surface area contributed by atoms with E-state index in [1.165, 1.54) is 20.7 Å². The standard InChI is InChI=1S/C58H37N7Si/c1-3-19-41(20-4-1)66(42-21-5-2-6-22-42)43-23-15-17-38(35-43)45-25-7-8-26-46(45)39-33-34-53-54(37-39)65(58-59-49-29-11-14-32-52(49)64(53)58)57-61-55(40-18-16-24-44(66)36-40)60-56(62-57)63-50-30-12-9-27-47(50)48-28-10-13-31-51(48)63/h1-37H. The summed E-state index contributed by atoms with van der Waals surface area (Å²) in [5, 5.41) is 7.36. The minimum Gasteiger partial charge on any atom is -0.278 e. The molecule has 1 aliphatic heterocycles. The minimum absolute atomic E-state index is 0.481. The van der Waals surface area contributed by atoms with Crippen LogP contribution in [0.1, 0.15) is 0 Å². The molecule has 8 bridgehead atoms. The lowest BCUT2D eigenvalue weighted by Crippen LogP contribution is -2.74. The van der Waals surface area contributed by atoms with E-state index in [-0.39, 0.29) is 0 Å². The summed E-state index contributed by atoms with van der Waals surface area (Å²) in [4.78, 5) is 21.8. The van der Waals surface area contributed by atoms with Crippen molar-refractivity contribution in [1.29, 1.82) is 0 Å². The average molecular weight is 860 g/mol. The van der Waals surface area contributed by atoms with E-state index < -0.39 is 8.07 Å². The molecule has 14 rings (SSSR count). The third kappa shape index (κ3) is 5.24. The van der Waals surface area contributed by atoms with Crippen LogP contribution in [0.5, 0.6) is 0 Å². The Balaban J connectivity index is 1.17. The Morgan fingerprint density at radius 1 is 0.318 bits per heavy atom. The van der Waals surface area contributed by atoms with E-state index in [9.17, 15) is 0 Å². The first kappa shape index (κ1) is 36.7. The van der Waals surface area contributed by atoms with Gasteiger partial charge in [-0.3, -0.25) is 8.97 Å². The lowest BCUT2D eigenvalue weighted by atomic mass is 9.94. The van der Waals surface area contributed by atoms with E-state index in [0.717, 1.165) is 77.5 Å². The molecule has 5 heterocycles. The molecular formula is C58H37N7Si. The van der Waals surface area contributed by atoms with Crippen LogP contribution in [-0.4, -0.2) is 41.5 Å². The summed E-state index contributed by atoms with van der Waals surface area (Å²) in [5.74, 6) is 2.30. The van der Waals surface area contributed by atoms with Crippen LogP contribution in [0.3, 0.4) is 0 Å². The summed E-state index contributed by atoms with van der Waals surface area (Å²) in [6, 6.07) is 81.3. The van der Waals surface area contributed by atoms with Crippen molar-refractivity contribution in [1.82, 2.24) is 33.5 Å². The normalized spacial score (nSPS) is 13.0. The zero-order valence-corrected chi connectivity index (χ0v) is 36.5. The molecule has 0 saturated carbocycles. The number of nitrogens with zero attached hydrogens (tertiary/aromatic N) is 7. The van der Waals surface area contributed by atoms with Gasteiger partial charge >= 0.3 is 0 Å². The Bertz CT molecular complexity index is 3980.